The number of methoxy groups -OCH3 is 1. The molecule has 0 radical (unpaired) electrons. The summed E-state index contributed by atoms with van der Waals surface area (Å²) >= 11 is 20.2. The Morgan fingerprint density at radius 3 is 2.58 bits per heavy atom. The van der Waals surface area contributed by atoms with Crippen LogP contribution in [-0.4, -0.2) is 34.5 Å². The fraction of sp³-hybridized carbons (Fsp3) is 0.258. The molecule has 5 rings (SSSR count). The van der Waals surface area contributed by atoms with Gasteiger partial charge in [-0.25, -0.2) is 9.48 Å². The first kappa shape index (κ1) is 31.1. The van der Waals surface area contributed by atoms with Crippen LogP contribution in [0.2, 0.25) is 15.1 Å². The van der Waals surface area contributed by atoms with Crippen molar-refractivity contribution in [2.75, 3.05) is 19.0 Å². The fourth-order valence-corrected chi connectivity index (χ4v) is 6.14. The smallest absolute Gasteiger partial charge is 0.338 e. The lowest BCUT2D eigenvalue weighted by Crippen LogP contribution is -2.29. The van der Waals surface area contributed by atoms with Crippen LogP contribution in [0, 0.1) is 0 Å². The van der Waals surface area contributed by atoms with Gasteiger partial charge in [0.25, 0.3) is 0 Å². The van der Waals surface area contributed by atoms with Crippen molar-refractivity contribution in [3.8, 4) is 11.5 Å². The Kier molecular flexibility index (Phi) is 10.1. The number of anilines is 1. The van der Waals surface area contributed by atoms with Crippen LogP contribution in [0.3, 0.4) is 0 Å². The van der Waals surface area contributed by atoms with Crippen LogP contribution in [0.5, 0.6) is 11.5 Å². The molecule has 0 aliphatic carbocycles. The van der Waals surface area contributed by atoms with Crippen molar-refractivity contribution in [3.63, 3.8) is 0 Å². The number of carbonyl (C=O) groups is 1. The zero-order valence-electron chi connectivity index (χ0n) is 23.7. The molecule has 1 aromatic heterocycles. The zero-order chi connectivity index (χ0) is 30.5. The van der Waals surface area contributed by atoms with Gasteiger partial charge in [0.1, 0.15) is 12.6 Å². The van der Waals surface area contributed by atoms with Gasteiger partial charge >= 0.3 is 5.97 Å². The van der Waals surface area contributed by atoms with E-state index in [0.29, 0.717) is 67.7 Å². The third kappa shape index (κ3) is 7.07. The second kappa shape index (κ2) is 13.9. The van der Waals surface area contributed by atoms with Gasteiger partial charge in [-0.15, -0.1) is 5.10 Å². The number of carbonyl (C=O) groups excluding carboxylic acids is 1. The highest BCUT2D eigenvalue weighted by Gasteiger charge is 2.36. The second-order valence-corrected chi connectivity index (χ2v) is 11.9. The third-order valence-corrected chi connectivity index (χ3v) is 8.55. The van der Waals surface area contributed by atoms with E-state index in [1.165, 1.54) is 11.8 Å². The number of ether oxygens (including phenoxy) is 3. The largest absolute Gasteiger partial charge is 0.493 e. The molecule has 0 bridgehead atoms. The molecule has 0 spiro atoms. The van der Waals surface area contributed by atoms with E-state index in [4.69, 9.17) is 59.1 Å². The van der Waals surface area contributed by atoms with E-state index in [0.717, 1.165) is 16.7 Å². The molecule has 8 nitrogen and oxygen atoms in total. The molecule has 224 valence electrons. The molecular weight excluding hydrogens is 631 g/mol. The number of esters is 1. The standard InChI is InChI=1S/C31H29Cl3N4O4S/c1-4-13-41-29(39)27-18(2)35-30-36-31(43-17-21-7-5-6-8-23(21)33)37-38(30)28(27)19-10-12-25(26(14-19)40-3)42-16-20-9-11-22(32)15-24(20)34/h5-12,14-15,28H,4,13,16-17H2,1-3H3,(H,35,36,37). The van der Waals surface area contributed by atoms with Crippen molar-refractivity contribution in [1.29, 1.82) is 0 Å². The zero-order valence-corrected chi connectivity index (χ0v) is 26.8. The summed E-state index contributed by atoms with van der Waals surface area (Å²) in [7, 11) is 1.56. The van der Waals surface area contributed by atoms with E-state index in [1.54, 1.807) is 30.0 Å². The number of nitrogens with zero attached hydrogens (tertiary/aromatic N) is 3. The number of fused-ring (bicyclic) bond motifs is 1. The van der Waals surface area contributed by atoms with Crippen molar-refractivity contribution in [3.05, 3.63) is 104 Å². The minimum Gasteiger partial charge on any atom is -0.493 e. The van der Waals surface area contributed by atoms with Crippen molar-refractivity contribution < 1.29 is 19.0 Å². The van der Waals surface area contributed by atoms with E-state index in [-0.39, 0.29) is 6.61 Å². The Hall–Kier alpha value is -3.37. The van der Waals surface area contributed by atoms with Crippen molar-refractivity contribution in [1.82, 2.24) is 14.8 Å². The normalized spacial score (nSPS) is 14.2. The average Bonchev–Trinajstić information content (AvgIpc) is 3.40. The molecule has 0 amide bonds. The molecule has 0 fully saturated rings. The molecular formula is C31H29Cl3N4O4S. The van der Waals surface area contributed by atoms with Crippen LogP contribution in [0.25, 0.3) is 0 Å². The monoisotopic (exact) mass is 658 g/mol. The number of thioether (sulfide) groups is 1. The minimum atomic E-state index is -0.628. The molecule has 43 heavy (non-hydrogen) atoms. The lowest BCUT2D eigenvalue weighted by atomic mass is 9.95. The van der Waals surface area contributed by atoms with Crippen molar-refractivity contribution >= 4 is 58.5 Å². The molecule has 1 aliphatic heterocycles. The van der Waals surface area contributed by atoms with Gasteiger partial charge in [0.2, 0.25) is 11.1 Å². The summed E-state index contributed by atoms with van der Waals surface area (Å²) < 4.78 is 19.1. The molecule has 2 heterocycles. The lowest BCUT2D eigenvalue weighted by molar-refractivity contribution is -0.139. The van der Waals surface area contributed by atoms with Crippen LogP contribution < -0.4 is 14.8 Å². The van der Waals surface area contributed by atoms with Gasteiger partial charge in [0.15, 0.2) is 11.5 Å². The Labute approximate surface area is 269 Å². The van der Waals surface area contributed by atoms with Gasteiger partial charge in [-0.05, 0) is 54.8 Å². The predicted molar refractivity (Wildman–Crippen MR) is 171 cm³/mol. The molecule has 4 aromatic rings. The molecule has 3 aromatic carbocycles. The van der Waals surface area contributed by atoms with Crippen LogP contribution in [0.1, 0.15) is 43.0 Å². The van der Waals surface area contributed by atoms with E-state index in [1.807, 2.05) is 56.3 Å². The summed E-state index contributed by atoms with van der Waals surface area (Å²) in [4.78, 5) is 18.1. The number of benzene rings is 3. The highest BCUT2D eigenvalue weighted by Crippen LogP contribution is 2.40. The Morgan fingerprint density at radius 1 is 1.02 bits per heavy atom. The number of nitrogens with one attached hydrogen (secondary N) is 1. The highest BCUT2D eigenvalue weighted by molar-refractivity contribution is 7.98. The fourth-order valence-electron chi connectivity index (χ4n) is 4.56. The first-order valence-electron chi connectivity index (χ1n) is 13.5. The van der Waals surface area contributed by atoms with Gasteiger partial charge in [-0.1, -0.05) is 83.8 Å². The number of allylic oxidation sites excluding steroid dienone is 1. The molecule has 1 aliphatic rings. The average molecular weight is 660 g/mol. The predicted octanol–water partition coefficient (Wildman–Crippen LogP) is 8.36. The summed E-state index contributed by atoms with van der Waals surface area (Å²) in [5.74, 6) is 1.66. The van der Waals surface area contributed by atoms with E-state index >= 15 is 0 Å². The maximum absolute atomic E-state index is 13.4. The summed E-state index contributed by atoms with van der Waals surface area (Å²) in [5, 5.41) is 10.3. The number of halogens is 3. The SMILES string of the molecule is CCCOC(=O)C1=C(C)Nc2nc(SCc3ccccc3Cl)nn2C1c1ccc(OCc2ccc(Cl)cc2Cl)c(OC)c1. The minimum absolute atomic E-state index is 0.214. The number of aromatic nitrogens is 3. The molecule has 0 saturated carbocycles. The topological polar surface area (TPSA) is 87.5 Å². The highest BCUT2D eigenvalue weighted by atomic mass is 35.5. The number of rotatable bonds is 11. The van der Waals surface area contributed by atoms with Crippen molar-refractivity contribution in [2.24, 2.45) is 0 Å². The number of hydrogen-bond acceptors (Lipinski definition) is 8. The van der Waals surface area contributed by atoms with Crippen LogP contribution in [-0.2, 0) is 21.9 Å². The third-order valence-electron chi connectivity index (χ3n) is 6.71. The van der Waals surface area contributed by atoms with Crippen LogP contribution in [0.4, 0.5) is 5.95 Å². The van der Waals surface area contributed by atoms with Gasteiger partial charge < -0.3 is 19.5 Å². The molecule has 0 saturated heterocycles. The first-order valence-corrected chi connectivity index (χ1v) is 15.6. The summed E-state index contributed by atoms with van der Waals surface area (Å²) in [5.41, 5.74) is 3.56. The van der Waals surface area contributed by atoms with Crippen LogP contribution >= 0.6 is 46.6 Å². The van der Waals surface area contributed by atoms with Gasteiger partial charge in [-0.2, -0.15) is 4.98 Å². The maximum Gasteiger partial charge on any atom is 0.338 e. The van der Waals surface area contributed by atoms with E-state index < -0.39 is 12.0 Å². The van der Waals surface area contributed by atoms with Gasteiger partial charge in [0.05, 0.1) is 19.3 Å². The van der Waals surface area contributed by atoms with E-state index in [9.17, 15) is 4.79 Å². The van der Waals surface area contributed by atoms with E-state index in [2.05, 4.69) is 5.32 Å². The Morgan fingerprint density at radius 2 is 1.84 bits per heavy atom. The first-order chi connectivity index (χ1) is 20.8. The molecule has 1 unspecified atom stereocenters. The molecule has 12 heteroatoms. The Bertz CT molecular complexity index is 1680. The summed E-state index contributed by atoms with van der Waals surface area (Å²) in [6.45, 7) is 4.29. The van der Waals surface area contributed by atoms with Gasteiger partial charge in [-0.3, -0.25) is 0 Å². The summed E-state index contributed by atoms with van der Waals surface area (Å²) in [6.07, 6.45) is 0.699. The molecule has 1 atom stereocenters. The Balaban J connectivity index is 1.47. The van der Waals surface area contributed by atoms with Crippen molar-refractivity contribution in [2.45, 2.75) is 43.8 Å². The second-order valence-electron chi connectivity index (χ2n) is 9.68. The summed E-state index contributed by atoms with van der Waals surface area (Å²) in [6, 6.07) is 17.8. The quantitative estimate of drug-likeness (QED) is 0.127. The molecule has 1 N–H and O–H groups in total. The van der Waals surface area contributed by atoms with Crippen LogP contribution in [0.15, 0.2) is 77.1 Å². The van der Waals surface area contributed by atoms with Gasteiger partial charge in [0, 0.05) is 32.1 Å². The lowest BCUT2D eigenvalue weighted by Gasteiger charge is -2.28. The number of hydrogen-bond donors (Lipinski definition) is 1. The maximum atomic E-state index is 13.4.